The Bertz CT molecular complexity index is 598. The molecule has 0 saturated carbocycles. The third kappa shape index (κ3) is 2.32. The minimum Gasteiger partial charge on any atom is -0.351 e. The van der Waals surface area contributed by atoms with Crippen molar-refractivity contribution in [2.24, 2.45) is 0 Å². The fraction of sp³-hybridized carbons (Fsp3) is 0.235. The average molecular weight is 248 g/mol. The molecular weight excluding hydrogens is 232 g/mol. The summed E-state index contributed by atoms with van der Waals surface area (Å²) >= 11 is 0. The maximum absolute atomic E-state index is 9.37. The number of benzene rings is 2. The van der Waals surface area contributed by atoms with Gasteiger partial charge < -0.3 is 4.90 Å². The molecule has 0 bridgehead atoms. The van der Waals surface area contributed by atoms with Crippen LogP contribution in [0.3, 0.4) is 0 Å². The maximum Gasteiger partial charge on any atom is 0.117 e. The Morgan fingerprint density at radius 3 is 2.58 bits per heavy atom. The molecule has 0 radical (unpaired) electrons. The Kier molecular flexibility index (Phi) is 3.20. The largest absolute Gasteiger partial charge is 0.351 e. The van der Waals surface area contributed by atoms with Crippen LogP contribution in [-0.4, -0.2) is 6.04 Å². The van der Waals surface area contributed by atoms with Gasteiger partial charge in [-0.05, 0) is 30.0 Å². The van der Waals surface area contributed by atoms with E-state index in [0.717, 1.165) is 19.4 Å². The molecule has 94 valence electrons. The number of aryl methyl sites for hydroxylation is 1. The number of nitriles is 1. The molecule has 0 aromatic heterocycles. The van der Waals surface area contributed by atoms with Gasteiger partial charge in [0.05, 0.1) is 6.07 Å². The summed E-state index contributed by atoms with van der Waals surface area (Å²) in [5, 5.41) is 9.37. The lowest BCUT2D eigenvalue weighted by Crippen LogP contribution is -2.37. The summed E-state index contributed by atoms with van der Waals surface area (Å²) in [5.74, 6) is 0. The highest BCUT2D eigenvalue weighted by Crippen LogP contribution is 2.31. The summed E-state index contributed by atoms with van der Waals surface area (Å²) < 4.78 is 0. The summed E-state index contributed by atoms with van der Waals surface area (Å²) in [6.07, 6.45) is 1.92. The molecule has 0 amide bonds. The zero-order valence-corrected chi connectivity index (χ0v) is 10.8. The zero-order chi connectivity index (χ0) is 13.1. The molecule has 0 aliphatic carbocycles. The Morgan fingerprint density at radius 2 is 1.79 bits per heavy atom. The molecule has 2 nitrogen and oxygen atoms in total. The highest BCUT2D eigenvalue weighted by atomic mass is 15.2. The average Bonchev–Trinajstić information content (AvgIpc) is 2.49. The standard InChI is InChI=1S/C17H16N2/c18-12-16-11-10-15-8-4-5-9-17(15)19(16)13-14-6-2-1-3-7-14/h1-9,16H,10-11,13H2/t16-/m0/s1. The van der Waals surface area contributed by atoms with Gasteiger partial charge in [-0.2, -0.15) is 5.26 Å². The lowest BCUT2D eigenvalue weighted by molar-refractivity contribution is 0.610. The van der Waals surface area contributed by atoms with Crippen molar-refractivity contribution in [2.45, 2.75) is 25.4 Å². The number of anilines is 1. The van der Waals surface area contributed by atoms with Gasteiger partial charge in [0.2, 0.25) is 0 Å². The molecule has 1 atom stereocenters. The molecule has 2 aromatic carbocycles. The number of hydrogen-bond donors (Lipinski definition) is 0. The predicted molar refractivity (Wildman–Crippen MR) is 76.8 cm³/mol. The predicted octanol–water partition coefficient (Wildman–Crippen LogP) is 3.53. The lowest BCUT2D eigenvalue weighted by atomic mass is 9.96. The third-order valence-electron chi connectivity index (χ3n) is 3.71. The van der Waals surface area contributed by atoms with Gasteiger partial charge in [-0.3, -0.25) is 0 Å². The van der Waals surface area contributed by atoms with Crippen molar-refractivity contribution in [3.05, 3.63) is 65.7 Å². The van der Waals surface area contributed by atoms with Gasteiger partial charge in [-0.25, -0.2) is 0 Å². The van der Waals surface area contributed by atoms with E-state index in [0.29, 0.717) is 0 Å². The van der Waals surface area contributed by atoms with E-state index in [2.05, 4.69) is 47.4 Å². The summed E-state index contributed by atoms with van der Waals surface area (Å²) in [6.45, 7) is 0.802. The fourth-order valence-electron chi connectivity index (χ4n) is 2.73. The van der Waals surface area contributed by atoms with Crippen LogP contribution in [0.2, 0.25) is 0 Å². The van der Waals surface area contributed by atoms with E-state index in [1.54, 1.807) is 0 Å². The Morgan fingerprint density at radius 1 is 1.05 bits per heavy atom. The summed E-state index contributed by atoms with van der Waals surface area (Å²) in [6, 6.07) is 21.2. The van der Waals surface area contributed by atoms with Gasteiger partial charge in [0, 0.05) is 12.2 Å². The molecular formula is C17H16N2. The third-order valence-corrected chi connectivity index (χ3v) is 3.71. The molecule has 2 heteroatoms. The van der Waals surface area contributed by atoms with Crippen LogP contribution in [0, 0.1) is 11.3 Å². The maximum atomic E-state index is 9.37. The van der Waals surface area contributed by atoms with Crippen molar-refractivity contribution in [3.8, 4) is 6.07 Å². The second-order valence-corrected chi connectivity index (χ2v) is 4.93. The molecule has 0 saturated heterocycles. The van der Waals surface area contributed by atoms with Crippen LogP contribution in [0.25, 0.3) is 0 Å². The first-order chi connectivity index (χ1) is 9.38. The molecule has 19 heavy (non-hydrogen) atoms. The number of nitrogens with zero attached hydrogens (tertiary/aromatic N) is 2. The first-order valence-corrected chi connectivity index (χ1v) is 6.66. The van der Waals surface area contributed by atoms with Gasteiger partial charge in [0.25, 0.3) is 0 Å². The molecule has 0 fully saturated rings. The second-order valence-electron chi connectivity index (χ2n) is 4.93. The van der Waals surface area contributed by atoms with Crippen LogP contribution < -0.4 is 4.90 Å². The van der Waals surface area contributed by atoms with Crippen molar-refractivity contribution in [1.29, 1.82) is 5.26 Å². The molecule has 3 rings (SSSR count). The molecule has 0 unspecified atom stereocenters. The molecule has 1 aliphatic heterocycles. The molecule has 0 N–H and O–H groups in total. The molecule has 0 spiro atoms. The highest BCUT2D eigenvalue weighted by molar-refractivity contribution is 5.58. The van der Waals surface area contributed by atoms with Gasteiger partial charge in [-0.15, -0.1) is 0 Å². The highest BCUT2D eigenvalue weighted by Gasteiger charge is 2.25. The number of fused-ring (bicyclic) bond motifs is 1. The lowest BCUT2D eigenvalue weighted by Gasteiger charge is -2.35. The first kappa shape index (κ1) is 11.8. The van der Waals surface area contributed by atoms with E-state index in [-0.39, 0.29) is 6.04 Å². The second kappa shape index (κ2) is 5.16. The minimum atomic E-state index is -0.0184. The van der Waals surface area contributed by atoms with Gasteiger partial charge >= 0.3 is 0 Å². The number of rotatable bonds is 2. The Labute approximate surface area is 113 Å². The number of para-hydroxylation sites is 1. The Balaban J connectivity index is 1.95. The van der Waals surface area contributed by atoms with Crippen molar-refractivity contribution in [3.63, 3.8) is 0 Å². The van der Waals surface area contributed by atoms with Crippen LogP contribution in [-0.2, 0) is 13.0 Å². The van der Waals surface area contributed by atoms with Crippen molar-refractivity contribution in [2.75, 3.05) is 4.90 Å². The molecule has 1 aliphatic rings. The van der Waals surface area contributed by atoms with Crippen LogP contribution in [0.4, 0.5) is 5.69 Å². The van der Waals surface area contributed by atoms with E-state index in [1.165, 1.54) is 16.8 Å². The quantitative estimate of drug-likeness (QED) is 0.813. The zero-order valence-electron chi connectivity index (χ0n) is 10.8. The fourth-order valence-corrected chi connectivity index (χ4v) is 2.73. The van der Waals surface area contributed by atoms with Crippen molar-refractivity contribution < 1.29 is 0 Å². The van der Waals surface area contributed by atoms with Gasteiger partial charge in [-0.1, -0.05) is 48.5 Å². The van der Waals surface area contributed by atoms with E-state index < -0.39 is 0 Å². The topological polar surface area (TPSA) is 27.0 Å². The first-order valence-electron chi connectivity index (χ1n) is 6.66. The molecule has 1 heterocycles. The Hall–Kier alpha value is -2.27. The van der Waals surface area contributed by atoms with E-state index >= 15 is 0 Å². The van der Waals surface area contributed by atoms with E-state index in [4.69, 9.17) is 0 Å². The normalized spacial score (nSPS) is 17.6. The van der Waals surface area contributed by atoms with Crippen LogP contribution in [0.5, 0.6) is 0 Å². The monoisotopic (exact) mass is 248 g/mol. The summed E-state index contributed by atoms with van der Waals surface area (Å²) in [4.78, 5) is 2.23. The van der Waals surface area contributed by atoms with E-state index in [1.807, 2.05) is 18.2 Å². The van der Waals surface area contributed by atoms with Crippen LogP contribution >= 0.6 is 0 Å². The SMILES string of the molecule is N#C[C@@H]1CCc2ccccc2N1Cc1ccccc1. The van der Waals surface area contributed by atoms with Crippen molar-refractivity contribution in [1.82, 2.24) is 0 Å². The van der Waals surface area contributed by atoms with Gasteiger partial charge in [0.15, 0.2) is 0 Å². The van der Waals surface area contributed by atoms with Gasteiger partial charge in [0.1, 0.15) is 6.04 Å². The smallest absolute Gasteiger partial charge is 0.117 e. The summed E-state index contributed by atoms with van der Waals surface area (Å²) in [5.41, 5.74) is 3.81. The van der Waals surface area contributed by atoms with Crippen LogP contribution in [0.15, 0.2) is 54.6 Å². The van der Waals surface area contributed by atoms with Crippen molar-refractivity contribution >= 4 is 5.69 Å². The summed E-state index contributed by atoms with van der Waals surface area (Å²) in [7, 11) is 0. The molecule has 2 aromatic rings. The number of hydrogen-bond acceptors (Lipinski definition) is 2. The van der Waals surface area contributed by atoms with E-state index in [9.17, 15) is 5.26 Å². The van der Waals surface area contributed by atoms with Crippen LogP contribution in [0.1, 0.15) is 17.5 Å². The minimum absolute atomic E-state index is 0.0184.